The van der Waals surface area contributed by atoms with Crippen LogP contribution in [0, 0.1) is 11.8 Å². The lowest BCUT2D eigenvalue weighted by molar-refractivity contribution is -0.198. The van der Waals surface area contributed by atoms with Crippen molar-refractivity contribution in [2.75, 3.05) is 24.0 Å². The average molecular weight is 392 g/mol. The van der Waals surface area contributed by atoms with Gasteiger partial charge in [-0.3, -0.25) is 0 Å². The summed E-state index contributed by atoms with van der Waals surface area (Å²) < 4.78 is 45.8. The maximum absolute atomic E-state index is 11.5. The van der Waals surface area contributed by atoms with Crippen molar-refractivity contribution in [2.24, 2.45) is 11.8 Å². The lowest BCUT2D eigenvalue weighted by Crippen LogP contribution is -2.48. The first-order valence-electron chi connectivity index (χ1n) is 6.77. The first-order valence-corrected chi connectivity index (χ1v) is 13.6. The van der Waals surface area contributed by atoms with Crippen LogP contribution in [0.25, 0.3) is 0 Å². The average Bonchev–Trinajstić information content (AvgIpc) is 2.40. The summed E-state index contributed by atoms with van der Waals surface area (Å²) in [5.41, 5.74) is -1.27. The summed E-state index contributed by atoms with van der Waals surface area (Å²) in [6.07, 6.45) is 2.31. The third-order valence-corrected chi connectivity index (χ3v) is 9.55. The van der Waals surface area contributed by atoms with Gasteiger partial charge in [0.15, 0.2) is 17.7 Å². The van der Waals surface area contributed by atoms with Crippen molar-refractivity contribution >= 4 is 39.3 Å². The van der Waals surface area contributed by atoms with E-state index in [1.807, 2.05) is 27.7 Å². The molecule has 2 atom stereocenters. The molecule has 132 valence electrons. The zero-order chi connectivity index (χ0) is 17.6. The van der Waals surface area contributed by atoms with Crippen LogP contribution in [-0.2, 0) is 17.7 Å². The zero-order valence-corrected chi connectivity index (χ0v) is 17.0. The third kappa shape index (κ3) is 4.76. The van der Waals surface area contributed by atoms with Crippen molar-refractivity contribution in [3.63, 3.8) is 0 Å². The molecule has 0 spiro atoms. The van der Waals surface area contributed by atoms with Gasteiger partial charge in [-0.05, 0) is 61.1 Å². The predicted molar refractivity (Wildman–Crippen MR) is 93.4 cm³/mol. The van der Waals surface area contributed by atoms with E-state index in [0.29, 0.717) is 11.5 Å². The van der Waals surface area contributed by atoms with Gasteiger partial charge in [0, 0.05) is 35.1 Å². The largest absolute Gasteiger partial charge is 0.313 e. The van der Waals surface area contributed by atoms with E-state index < -0.39 is 28.8 Å². The normalized spacial score (nSPS) is 28.9. The molecular weight excluding hydrogens is 366 g/mol. The molecular formula is C12H25NO5S4. The molecule has 1 rings (SSSR count). The molecule has 0 unspecified atom stereocenters. The number of hydrogen-bond acceptors (Lipinski definition) is 8. The fraction of sp³-hybridized carbons (Fsp3) is 1.00. The van der Waals surface area contributed by atoms with E-state index in [1.54, 1.807) is 0 Å². The van der Waals surface area contributed by atoms with Gasteiger partial charge >= 0.3 is 0 Å². The fourth-order valence-electron chi connectivity index (χ4n) is 3.08. The van der Waals surface area contributed by atoms with Gasteiger partial charge in [-0.15, -0.1) is 0 Å². The second-order valence-electron chi connectivity index (χ2n) is 6.81. The van der Waals surface area contributed by atoms with Crippen molar-refractivity contribution < 1.29 is 22.0 Å². The van der Waals surface area contributed by atoms with Gasteiger partial charge in [0.1, 0.15) is 0 Å². The Bertz CT molecular complexity index is 557. The summed E-state index contributed by atoms with van der Waals surface area (Å²) in [7, 11) is -4.69. The maximum Gasteiger partial charge on any atom is 0.198 e. The van der Waals surface area contributed by atoms with Gasteiger partial charge in [0.05, 0.1) is 0 Å². The Balaban J connectivity index is 3.09. The highest BCUT2D eigenvalue weighted by atomic mass is 33.1. The van der Waals surface area contributed by atoms with E-state index in [9.17, 15) is 22.0 Å². The van der Waals surface area contributed by atoms with Crippen molar-refractivity contribution in [3.05, 3.63) is 0 Å². The lowest BCUT2D eigenvalue weighted by atomic mass is 9.79. The van der Waals surface area contributed by atoms with Gasteiger partial charge < -0.3 is 5.21 Å². The van der Waals surface area contributed by atoms with Crippen LogP contribution in [0.15, 0.2) is 0 Å². The Morgan fingerprint density at radius 2 is 1.14 bits per heavy atom. The maximum atomic E-state index is 11.5. The molecule has 0 saturated carbocycles. The Labute approximate surface area is 141 Å². The first-order chi connectivity index (χ1) is 9.59. The van der Waals surface area contributed by atoms with Crippen LogP contribution in [0.5, 0.6) is 0 Å². The molecule has 0 amide bonds. The van der Waals surface area contributed by atoms with E-state index in [4.69, 9.17) is 0 Å². The molecule has 22 heavy (non-hydrogen) atoms. The van der Waals surface area contributed by atoms with Gasteiger partial charge in [-0.2, -0.15) is 5.06 Å². The van der Waals surface area contributed by atoms with Gasteiger partial charge in [-0.1, -0.05) is 0 Å². The first kappa shape index (κ1) is 20.6. The molecule has 1 N–H and O–H groups in total. The number of hydrogen-bond donors (Lipinski definition) is 1. The van der Waals surface area contributed by atoms with Gasteiger partial charge in [0.2, 0.25) is 0 Å². The minimum absolute atomic E-state index is 0.151. The van der Waals surface area contributed by atoms with E-state index in [1.165, 1.54) is 5.06 Å². The van der Waals surface area contributed by atoms with E-state index in [2.05, 4.69) is 0 Å². The fourth-order valence-corrected chi connectivity index (χ4v) is 7.51. The Kier molecular flexibility index (Phi) is 6.02. The summed E-state index contributed by atoms with van der Waals surface area (Å²) in [4.78, 5) is 0. The standard InChI is InChI=1S/C12H25NO5S4/c1-11(2)9(7-19-21(5,15)16)10(8-20-22(6,17)18)12(3,4)13(11)14/h9-10,14H,7-8H2,1-6H3/t9-,10-/m1/s1. The SMILES string of the molecule is CC1(C)[C@H](CSS(C)(=O)=O)[C@@H](CSS(C)(=O)=O)C(C)(C)N1O. The van der Waals surface area contributed by atoms with Crippen molar-refractivity contribution in [1.29, 1.82) is 0 Å². The van der Waals surface area contributed by atoms with Crippen molar-refractivity contribution in [1.82, 2.24) is 5.06 Å². The molecule has 10 heteroatoms. The van der Waals surface area contributed by atoms with Crippen LogP contribution < -0.4 is 0 Å². The van der Waals surface area contributed by atoms with Crippen LogP contribution in [0.4, 0.5) is 0 Å². The molecule has 1 aliphatic heterocycles. The Morgan fingerprint density at radius 3 is 1.36 bits per heavy atom. The Hall–Kier alpha value is 0.520. The second-order valence-corrected chi connectivity index (χ2v) is 15.8. The third-order valence-electron chi connectivity index (χ3n) is 4.32. The van der Waals surface area contributed by atoms with E-state index in [0.717, 1.165) is 34.1 Å². The minimum atomic E-state index is -3.19. The molecule has 0 aromatic rings. The highest BCUT2D eigenvalue weighted by molar-refractivity contribution is 8.72. The van der Waals surface area contributed by atoms with Crippen LogP contribution in [0.1, 0.15) is 27.7 Å². The molecule has 1 aliphatic rings. The molecule has 1 saturated heterocycles. The number of nitrogens with zero attached hydrogens (tertiary/aromatic N) is 1. The van der Waals surface area contributed by atoms with Crippen molar-refractivity contribution in [3.8, 4) is 0 Å². The smallest absolute Gasteiger partial charge is 0.198 e. The van der Waals surface area contributed by atoms with Crippen LogP contribution >= 0.6 is 21.6 Å². The number of rotatable bonds is 6. The van der Waals surface area contributed by atoms with E-state index in [-0.39, 0.29) is 11.8 Å². The second kappa shape index (κ2) is 6.44. The monoisotopic (exact) mass is 391 g/mol. The van der Waals surface area contributed by atoms with E-state index >= 15 is 0 Å². The van der Waals surface area contributed by atoms with Crippen LogP contribution in [0.3, 0.4) is 0 Å². The quantitative estimate of drug-likeness (QED) is 0.686. The summed E-state index contributed by atoms with van der Waals surface area (Å²) >= 11 is 0. The molecule has 1 fully saturated rings. The summed E-state index contributed by atoms with van der Waals surface area (Å²) in [6, 6.07) is 0. The molecule has 6 nitrogen and oxygen atoms in total. The van der Waals surface area contributed by atoms with Gasteiger partial charge in [0.25, 0.3) is 0 Å². The highest BCUT2D eigenvalue weighted by Crippen LogP contribution is 2.50. The molecule has 0 aromatic carbocycles. The predicted octanol–water partition coefficient (Wildman–Crippen LogP) is 1.87. The van der Waals surface area contributed by atoms with Crippen LogP contribution in [0.2, 0.25) is 0 Å². The van der Waals surface area contributed by atoms with Gasteiger partial charge in [-0.25, -0.2) is 16.8 Å². The highest BCUT2D eigenvalue weighted by Gasteiger charge is 2.58. The summed E-state index contributed by atoms with van der Waals surface area (Å²) in [5.74, 6) is 0.339. The Morgan fingerprint density at radius 1 is 0.864 bits per heavy atom. The summed E-state index contributed by atoms with van der Waals surface area (Å²) in [6.45, 7) is 7.42. The molecule has 1 heterocycles. The lowest BCUT2D eigenvalue weighted by Gasteiger charge is -2.36. The molecule has 0 radical (unpaired) electrons. The molecule has 0 aromatic heterocycles. The van der Waals surface area contributed by atoms with Crippen molar-refractivity contribution in [2.45, 2.75) is 38.8 Å². The van der Waals surface area contributed by atoms with Crippen LogP contribution in [-0.4, -0.2) is 62.2 Å². The summed E-state index contributed by atoms with van der Waals surface area (Å²) in [5, 5.41) is 11.8. The minimum Gasteiger partial charge on any atom is -0.313 e. The number of hydroxylamine groups is 2. The molecule has 0 aliphatic carbocycles. The zero-order valence-electron chi connectivity index (χ0n) is 13.7. The topological polar surface area (TPSA) is 91.8 Å². The molecule has 0 bridgehead atoms.